The van der Waals surface area contributed by atoms with Crippen molar-refractivity contribution in [2.24, 2.45) is 0 Å². The highest BCUT2D eigenvalue weighted by Crippen LogP contribution is 2.28. The molecular formula is C28H32N4O5S. The van der Waals surface area contributed by atoms with Crippen LogP contribution in [0.4, 0.5) is 0 Å². The Hall–Kier alpha value is -3.63. The van der Waals surface area contributed by atoms with Gasteiger partial charge in [0.1, 0.15) is 11.3 Å². The number of benzene rings is 2. The van der Waals surface area contributed by atoms with Gasteiger partial charge >= 0.3 is 5.97 Å². The molecule has 1 saturated heterocycles. The molecule has 1 aromatic heterocycles. The number of hydrogen-bond donors (Lipinski definition) is 0. The summed E-state index contributed by atoms with van der Waals surface area (Å²) in [4.78, 5) is 37.7. The third-order valence-electron chi connectivity index (χ3n) is 6.59. The van der Waals surface area contributed by atoms with Crippen molar-refractivity contribution in [3.8, 4) is 11.4 Å². The average Bonchev–Trinajstić information content (AvgIpc) is 2.92. The normalized spacial score (nSPS) is 16.5. The number of amides is 1. The molecule has 1 aliphatic rings. The molecule has 0 spiro atoms. The Morgan fingerprint density at radius 3 is 2.24 bits per heavy atom. The van der Waals surface area contributed by atoms with Gasteiger partial charge in [0.25, 0.3) is 5.91 Å². The molecule has 1 fully saturated rings. The molecule has 0 aliphatic carbocycles. The van der Waals surface area contributed by atoms with Gasteiger partial charge in [-0.2, -0.15) is 4.31 Å². The van der Waals surface area contributed by atoms with Crippen molar-refractivity contribution in [1.82, 2.24) is 19.2 Å². The second-order valence-corrected chi connectivity index (χ2v) is 11.6. The van der Waals surface area contributed by atoms with Crippen molar-refractivity contribution in [2.75, 3.05) is 26.7 Å². The molecule has 0 saturated carbocycles. The molecule has 1 aliphatic heterocycles. The summed E-state index contributed by atoms with van der Waals surface area (Å²) in [6.07, 6.45) is 0. The predicted molar refractivity (Wildman–Crippen MR) is 143 cm³/mol. The minimum atomic E-state index is -3.73. The van der Waals surface area contributed by atoms with Gasteiger partial charge in [-0.3, -0.25) is 4.79 Å². The van der Waals surface area contributed by atoms with E-state index in [1.165, 1.54) is 11.4 Å². The number of hydrogen-bond acceptors (Lipinski definition) is 7. The minimum absolute atomic E-state index is 0.0366. The van der Waals surface area contributed by atoms with E-state index >= 15 is 0 Å². The molecule has 3 aromatic rings. The van der Waals surface area contributed by atoms with Gasteiger partial charge in [0.2, 0.25) is 10.0 Å². The number of nitrogens with zero attached hydrogens (tertiary/aromatic N) is 4. The van der Waals surface area contributed by atoms with Gasteiger partial charge in [0.15, 0.2) is 5.82 Å². The number of aryl methyl sites for hydroxylation is 1. The van der Waals surface area contributed by atoms with Crippen LogP contribution in [0, 0.1) is 6.92 Å². The van der Waals surface area contributed by atoms with Crippen LogP contribution in [0.5, 0.6) is 0 Å². The quantitative estimate of drug-likeness (QED) is 0.440. The van der Waals surface area contributed by atoms with E-state index in [0.29, 0.717) is 17.1 Å². The first-order chi connectivity index (χ1) is 18.0. The fourth-order valence-corrected chi connectivity index (χ4v) is 6.16. The SMILES string of the molecule is COC(=O)c1c(C(=O)N2CCN(S(=O)(=O)c3ccc(C)cc3)C(C)C2)nc(-c2ccccc2)nc1C(C)C. The smallest absolute Gasteiger partial charge is 0.342 e. The van der Waals surface area contributed by atoms with Crippen molar-refractivity contribution in [3.63, 3.8) is 0 Å². The molecule has 9 nitrogen and oxygen atoms in total. The lowest BCUT2D eigenvalue weighted by atomic mass is 10.0. The fraction of sp³-hybridized carbons (Fsp3) is 0.357. The van der Waals surface area contributed by atoms with Gasteiger partial charge in [0, 0.05) is 31.2 Å². The van der Waals surface area contributed by atoms with E-state index in [1.807, 2.05) is 51.1 Å². The summed E-state index contributed by atoms with van der Waals surface area (Å²) >= 11 is 0. The van der Waals surface area contributed by atoms with E-state index in [0.717, 1.165) is 5.56 Å². The molecule has 10 heteroatoms. The van der Waals surface area contributed by atoms with Crippen LogP contribution in [-0.4, -0.2) is 72.3 Å². The van der Waals surface area contributed by atoms with Crippen LogP contribution in [0.2, 0.25) is 0 Å². The Morgan fingerprint density at radius 2 is 1.66 bits per heavy atom. The van der Waals surface area contributed by atoms with Crippen LogP contribution in [0.1, 0.15) is 58.8 Å². The first kappa shape index (κ1) is 27.4. The van der Waals surface area contributed by atoms with E-state index in [9.17, 15) is 18.0 Å². The van der Waals surface area contributed by atoms with E-state index in [1.54, 1.807) is 36.1 Å². The van der Waals surface area contributed by atoms with Crippen molar-refractivity contribution < 1.29 is 22.7 Å². The molecule has 2 heterocycles. The lowest BCUT2D eigenvalue weighted by Crippen LogP contribution is -2.55. The number of methoxy groups -OCH3 is 1. The van der Waals surface area contributed by atoms with Crippen molar-refractivity contribution >= 4 is 21.9 Å². The molecule has 200 valence electrons. The number of carbonyl (C=O) groups is 2. The van der Waals surface area contributed by atoms with Crippen LogP contribution < -0.4 is 0 Å². The molecule has 1 unspecified atom stereocenters. The highest BCUT2D eigenvalue weighted by molar-refractivity contribution is 7.89. The monoisotopic (exact) mass is 536 g/mol. The first-order valence-electron chi connectivity index (χ1n) is 12.5. The van der Waals surface area contributed by atoms with Crippen molar-refractivity contribution in [1.29, 1.82) is 0 Å². The van der Waals surface area contributed by atoms with Crippen molar-refractivity contribution in [2.45, 2.75) is 44.6 Å². The maximum absolute atomic E-state index is 13.9. The summed E-state index contributed by atoms with van der Waals surface area (Å²) in [5.74, 6) is -1.01. The molecular weight excluding hydrogens is 504 g/mol. The highest BCUT2D eigenvalue weighted by atomic mass is 32.2. The molecule has 0 N–H and O–H groups in total. The summed E-state index contributed by atoms with van der Waals surface area (Å²) in [6.45, 7) is 7.84. The van der Waals surface area contributed by atoms with E-state index < -0.39 is 27.9 Å². The second-order valence-electron chi connectivity index (χ2n) is 9.70. The number of carbonyl (C=O) groups excluding carboxylic acids is 2. The molecule has 1 amide bonds. The summed E-state index contributed by atoms with van der Waals surface area (Å²) in [7, 11) is -2.48. The van der Waals surface area contributed by atoms with Crippen LogP contribution in [0.15, 0.2) is 59.5 Å². The Labute approximate surface area is 223 Å². The van der Waals surface area contributed by atoms with Crippen LogP contribution in [0.3, 0.4) is 0 Å². The Balaban J connectivity index is 1.70. The number of rotatable bonds is 6. The summed E-state index contributed by atoms with van der Waals surface area (Å²) in [6, 6.07) is 15.5. The van der Waals surface area contributed by atoms with Gasteiger partial charge in [-0.25, -0.2) is 23.2 Å². The summed E-state index contributed by atoms with van der Waals surface area (Å²) < 4.78 is 33.0. The van der Waals surface area contributed by atoms with Gasteiger partial charge in [-0.1, -0.05) is 61.9 Å². The van der Waals surface area contributed by atoms with E-state index in [4.69, 9.17) is 4.74 Å². The van der Waals surface area contributed by atoms with Gasteiger partial charge in [-0.05, 0) is 31.9 Å². The van der Waals surface area contributed by atoms with E-state index in [-0.39, 0.29) is 41.7 Å². The maximum Gasteiger partial charge on any atom is 0.342 e. The van der Waals surface area contributed by atoms with Gasteiger partial charge in [0.05, 0.1) is 17.7 Å². The third kappa shape index (κ3) is 5.32. The average molecular weight is 537 g/mol. The summed E-state index contributed by atoms with van der Waals surface area (Å²) in [5.41, 5.74) is 2.09. The Morgan fingerprint density at radius 1 is 1.00 bits per heavy atom. The van der Waals surface area contributed by atoms with Crippen LogP contribution in [-0.2, 0) is 14.8 Å². The zero-order valence-electron chi connectivity index (χ0n) is 22.2. The number of sulfonamides is 1. The van der Waals surface area contributed by atoms with Crippen LogP contribution >= 0.6 is 0 Å². The summed E-state index contributed by atoms with van der Waals surface area (Å²) in [5, 5.41) is 0. The molecule has 0 radical (unpaired) electrons. The third-order valence-corrected chi connectivity index (χ3v) is 8.62. The minimum Gasteiger partial charge on any atom is -0.465 e. The Bertz CT molecular complexity index is 1440. The predicted octanol–water partition coefficient (Wildman–Crippen LogP) is 3.90. The number of aromatic nitrogens is 2. The molecule has 0 bridgehead atoms. The zero-order chi connectivity index (χ0) is 27.6. The lowest BCUT2D eigenvalue weighted by molar-refractivity contribution is 0.0569. The highest BCUT2D eigenvalue weighted by Gasteiger charge is 2.37. The second kappa shape index (κ2) is 11.0. The molecule has 4 rings (SSSR count). The van der Waals surface area contributed by atoms with Crippen LogP contribution in [0.25, 0.3) is 11.4 Å². The lowest BCUT2D eigenvalue weighted by Gasteiger charge is -2.39. The topological polar surface area (TPSA) is 110 Å². The van der Waals surface area contributed by atoms with Gasteiger partial charge in [-0.15, -0.1) is 0 Å². The zero-order valence-corrected chi connectivity index (χ0v) is 23.0. The molecule has 38 heavy (non-hydrogen) atoms. The number of piperazine rings is 1. The largest absolute Gasteiger partial charge is 0.465 e. The standard InChI is InChI=1S/C28H32N4O5S/c1-18(2)24-23(28(34)37-5)25(30-26(29-24)21-9-7-6-8-10-21)27(33)31-15-16-32(20(4)17-31)38(35,36)22-13-11-19(3)12-14-22/h6-14,18,20H,15-17H2,1-5H3. The fourth-order valence-electron chi connectivity index (χ4n) is 4.55. The number of esters is 1. The molecule has 1 atom stereocenters. The Kier molecular flexibility index (Phi) is 7.94. The maximum atomic E-state index is 13.9. The first-order valence-corrected chi connectivity index (χ1v) is 13.9. The number of ether oxygens (including phenoxy) is 1. The molecule has 2 aromatic carbocycles. The van der Waals surface area contributed by atoms with E-state index in [2.05, 4.69) is 9.97 Å². The van der Waals surface area contributed by atoms with Gasteiger partial charge < -0.3 is 9.64 Å². The van der Waals surface area contributed by atoms with Crippen molar-refractivity contribution in [3.05, 3.63) is 77.1 Å².